The number of rotatable bonds is 69. The van der Waals surface area contributed by atoms with E-state index in [0.717, 1.165) is 102 Å². The summed E-state index contributed by atoms with van der Waals surface area (Å²) in [5.41, 5.74) is 0. The van der Waals surface area contributed by atoms with Crippen molar-refractivity contribution in [3.63, 3.8) is 0 Å². The maximum Gasteiger partial charge on any atom is 0.472 e. The highest BCUT2D eigenvalue weighted by molar-refractivity contribution is 7.47. The fourth-order valence-corrected chi connectivity index (χ4v) is 12.2. The molecule has 0 aliphatic heterocycles. The molecule has 0 aromatic carbocycles. The standard InChI is InChI=1S/C70H136O17P2/c1-7-9-11-13-15-17-19-20-21-22-23-24-25-27-29-35-43-49-55-70(75)86-65(58-80-67(72)52-46-40-33-31-30-32-38-44-50-62(3)4)60-84-88(76,77)82-56-64(71)57-83-89(78,79)85-61-66(59-81-68(73)53-47-41-37-36-39-45-51-63(5)6)87-69(74)54-48-42-34-28-26-18-16-14-12-10-8-2/h62-66,71H,7-61H2,1-6H3,(H,76,77)(H,78,79)/t64-,65-,66-/m1/s1. The molecular weight excluding hydrogens is 1170 g/mol. The fourth-order valence-electron chi connectivity index (χ4n) is 10.6. The van der Waals surface area contributed by atoms with Crippen LogP contribution in [-0.2, 0) is 65.4 Å². The Morgan fingerprint density at radius 1 is 0.303 bits per heavy atom. The number of aliphatic hydroxyl groups excluding tert-OH is 1. The molecule has 528 valence electrons. The second kappa shape index (κ2) is 62.2. The molecule has 0 saturated heterocycles. The van der Waals surface area contributed by atoms with Crippen molar-refractivity contribution in [2.45, 2.75) is 374 Å². The minimum atomic E-state index is -4.95. The summed E-state index contributed by atoms with van der Waals surface area (Å²) in [7, 11) is -9.90. The van der Waals surface area contributed by atoms with Gasteiger partial charge in [-0.3, -0.25) is 37.3 Å². The molecule has 0 aliphatic rings. The number of phosphoric ester groups is 2. The van der Waals surface area contributed by atoms with E-state index < -0.39 is 97.5 Å². The molecule has 0 heterocycles. The first-order valence-corrected chi connectivity index (χ1v) is 39.5. The van der Waals surface area contributed by atoms with Gasteiger partial charge in [-0.05, 0) is 37.5 Å². The molecular formula is C70H136O17P2. The number of unbranched alkanes of at least 4 members (excludes halogenated alkanes) is 39. The van der Waals surface area contributed by atoms with E-state index in [9.17, 15) is 43.2 Å². The smallest absolute Gasteiger partial charge is 0.462 e. The van der Waals surface area contributed by atoms with Crippen molar-refractivity contribution in [2.24, 2.45) is 11.8 Å². The van der Waals surface area contributed by atoms with Gasteiger partial charge in [0.25, 0.3) is 0 Å². The molecule has 3 N–H and O–H groups in total. The van der Waals surface area contributed by atoms with Gasteiger partial charge in [-0.15, -0.1) is 0 Å². The van der Waals surface area contributed by atoms with Gasteiger partial charge in [-0.2, -0.15) is 0 Å². The van der Waals surface area contributed by atoms with Crippen LogP contribution in [0.2, 0.25) is 0 Å². The Hall–Kier alpha value is -1.94. The highest BCUT2D eigenvalue weighted by Gasteiger charge is 2.30. The molecule has 2 unspecified atom stereocenters. The average Bonchev–Trinajstić information content (AvgIpc) is 3.71. The number of aliphatic hydroxyl groups is 1. The maximum atomic E-state index is 13.0. The van der Waals surface area contributed by atoms with Crippen molar-refractivity contribution >= 4 is 39.5 Å². The van der Waals surface area contributed by atoms with Crippen molar-refractivity contribution in [2.75, 3.05) is 39.6 Å². The topological polar surface area (TPSA) is 237 Å². The summed E-state index contributed by atoms with van der Waals surface area (Å²) in [6, 6.07) is 0. The number of esters is 4. The lowest BCUT2D eigenvalue weighted by atomic mass is 10.0. The third-order valence-electron chi connectivity index (χ3n) is 16.2. The van der Waals surface area contributed by atoms with Crippen LogP contribution in [0.4, 0.5) is 0 Å². The van der Waals surface area contributed by atoms with Gasteiger partial charge >= 0.3 is 39.5 Å². The first kappa shape index (κ1) is 87.1. The minimum absolute atomic E-state index is 0.106. The Balaban J connectivity index is 5.20. The number of ether oxygens (including phenoxy) is 4. The molecule has 0 rings (SSSR count). The molecule has 0 bridgehead atoms. The maximum absolute atomic E-state index is 13.0. The van der Waals surface area contributed by atoms with E-state index in [0.29, 0.717) is 31.6 Å². The largest absolute Gasteiger partial charge is 0.472 e. The van der Waals surface area contributed by atoms with E-state index in [1.807, 2.05) is 0 Å². The van der Waals surface area contributed by atoms with E-state index in [1.54, 1.807) is 0 Å². The van der Waals surface area contributed by atoms with Crippen LogP contribution >= 0.6 is 15.6 Å². The van der Waals surface area contributed by atoms with Crippen molar-refractivity contribution in [3.8, 4) is 0 Å². The molecule has 0 amide bonds. The van der Waals surface area contributed by atoms with Crippen molar-refractivity contribution < 1.29 is 80.2 Å². The summed E-state index contributed by atoms with van der Waals surface area (Å²) in [4.78, 5) is 72.5. The Bertz CT molecular complexity index is 1730. The van der Waals surface area contributed by atoms with Gasteiger partial charge < -0.3 is 33.8 Å². The third-order valence-corrected chi connectivity index (χ3v) is 18.1. The zero-order chi connectivity index (χ0) is 65.7. The van der Waals surface area contributed by atoms with Crippen molar-refractivity contribution in [3.05, 3.63) is 0 Å². The summed E-state index contributed by atoms with van der Waals surface area (Å²) in [5.74, 6) is -0.721. The number of phosphoric acid groups is 2. The van der Waals surface area contributed by atoms with Crippen LogP contribution in [0.15, 0.2) is 0 Å². The Kier molecular flexibility index (Phi) is 60.8. The molecule has 0 aromatic rings. The number of hydrogen-bond acceptors (Lipinski definition) is 15. The molecule has 0 aromatic heterocycles. The van der Waals surface area contributed by atoms with Gasteiger partial charge in [0.2, 0.25) is 0 Å². The summed E-state index contributed by atoms with van der Waals surface area (Å²) < 4.78 is 68.2. The van der Waals surface area contributed by atoms with Gasteiger partial charge in [-0.25, -0.2) is 9.13 Å². The van der Waals surface area contributed by atoms with E-state index in [2.05, 4.69) is 41.5 Å². The van der Waals surface area contributed by atoms with Gasteiger partial charge in [0, 0.05) is 25.7 Å². The molecule has 19 heteroatoms. The second-order valence-corrected chi connectivity index (χ2v) is 29.1. The number of carbonyl (C=O) groups excluding carboxylic acids is 4. The van der Waals surface area contributed by atoms with E-state index in [-0.39, 0.29) is 25.7 Å². The molecule has 0 fully saturated rings. The van der Waals surface area contributed by atoms with Crippen LogP contribution in [0.1, 0.15) is 356 Å². The SMILES string of the molecule is CCCCCCCCCCCCCCCCCCCCC(=O)O[C@H](COC(=O)CCCCCCCCCCC(C)C)COP(=O)(O)OC[C@@H](O)COP(=O)(O)OC[C@@H](COC(=O)CCCCCCCCC(C)C)OC(=O)CCCCCCCCCCCCC. The molecule has 0 saturated carbocycles. The Labute approximate surface area is 543 Å². The second-order valence-electron chi connectivity index (χ2n) is 26.2. The Morgan fingerprint density at radius 3 is 0.764 bits per heavy atom. The minimum Gasteiger partial charge on any atom is -0.462 e. The molecule has 17 nitrogen and oxygen atoms in total. The van der Waals surface area contributed by atoms with E-state index in [4.69, 9.17) is 37.0 Å². The third kappa shape index (κ3) is 64.6. The molecule has 89 heavy (non-hydrogen) atoms. The fraction of sp³-hybridized carbons (Fsp3) is 0.943. The Morgan fingerprint density at radius 2 is 0.517 bits per heavy atom. The monoisotopic (exact) mass is 1310 g/mol. The predicted molar refractivity (Wildman–Crippen MR) is 358 cm³/mol. The molecule has 5 atom stereocenters. The molecule has 0 spiro atoms. The van der Waals surface area contributed by atoms with Crippen LogP contribution in [0.3, 0.4) is 0 Å². The van der Waals surface area contributed by atoms with Gasteiger partial charge in [0.15, 0.2) is 12.2 Å². The quantitative estimate of drug-likeness (QED) is 0.0222. The van der Waals surface area contributed by atoms with Crippen LogP contribution in [-0.4, -0.2) is 96.7 Å². The van der Waals surface area contributed by atoms with Gasteiger partial charge in [0.1, 0.15) is 19.3 Å². The highest BCUT2D eigenvalue weighted by atomic mass is 31.2. The number of carbonyl (C=O) groups is 4. The van der Waals surface area contributed by atoms with Crippen LogP contribution < -0.4 is 0 Å². The lowest BCUT2D eigenvalue weighted by Gasteiger charge is -2.21. The van der Waals surface area contributed by atoms with Crippen LogP contribution in [0, 0.1) is 11.8 Å². The van der Waals surface area contributed by atoms with Gasteiger partial charge in [-0.1, -0.05) is 305 Å². The van der Waals surface area contributed by atoms with E-state index >= 15 is 0 Å². The highest BCUT2D eigenvalue weighted by Crippen LogP contribution is 2.45. The summed E-state index contributed by atoms with van der Waals surface area (Å²) >= 11 is 0. The van der Waals surface area contributed by atoms with Crippen LogP contribution in [0.25, 0.3) is 0 Å². The summed E-state index contributed by atoms with van der Waals surface area (Å²) in [5, 5.41) is 10.6. The predicted octanol–water partition coefficient (Wildman–Crippen LogP) is 20.0. The summed E-state index contributed by atoms with van der Waals surface area (Å²) in [6.45, 7) is 9.43. The van der Waals surface area contributed by atoms with Crippen molar-refractivity contribution in [1.29, 1.82) is 0 Å². The van der Waals surface area contributed by atoms with Crippen molar-refractivity contribution in [1.82, 2.24) is 0 Å². The molecule has 0 radical (unpaired) electrons. The first-order valence-electron chi connectivity index (χ1n) is 36.5. The lowest BCUT2D eigenvalue weighted by molar-refractivity contribution is -0.161. The normalized spacial score (nSPS) is 14.1. The zero-order valence-corrected chi connectivity index (χ0v) is 59.5. The van der Waals surface area contributed by atoms with E-state index in [1.165, 1.54) is 167 Å². The van der Waals surface area contributed by atoms with Crippen LogP contribution in [0.5, 0.6) is 0 Å². The zero-order valence-electron chi connectivity index (χ0n) is 57.7. The van der Waals surface area contributed by atoms with Gasteiger partial charge in [0.05, 0.1) is 26.4 Å². The summed E-state index contributed by atoms with van der Waals surface area (Å²) in [6.07, 6.45) is 47.4. The number of hydrogen-bond donors (Lipinski definition) is 3. The average molecular weight is 1310 g/mol. The molecule has 0 aliphatic carbocycles. The first-order chi connectivity index (χ1) is 42.9. The lowest BCUT2D eigenvalue weighted by Crippen LogP contribution is -2.30.